The van der Waals surface area contributed by atoms with E-state index in [-0.39, 0.29) is 31.1 Å². The molecule has 0 aliphatic carbocycles. The normalized spacial score (nSPS) is 17.5. The lowest BCUT2D eigenvalue weighted by atomic mass is 9.86. The molecule has 248 valence electrons. The highest BCUT2D eigenvalue weighted by Crippen LogP contribution is 2.50. The molecular formula is C34H36F6N2O4. The number of ether oxygens (including phenoxy) is 1. The number of aliphatic hydroxyl groups is 1. The molecule has 2 N–H and O–H groups in total. The molecule has 46 heavy (non-hydrogen) atoms. The molecule has 1 atom stereocenters. The molecule has 3 aromatic carbocycles. The number of aryl methyl sites for hydroxylation is 1. The van der Waals surface area contributed by atoms with E-state index < -0.39 is 41.0 Å². The topological polar surface area (TPSA) is 78.9 Å². The Morgan fingerprint density at radius 3 is 2.11 bits per heavy atom. The minimum Gasteiger partial charge on any atom is -0.491 e. The molecule has 1 unspecified atom stereocenters. The predicted molar refractivity (Wildman–Crippen MR) is 160 cm³/mol. The molecule has 1 saturated heterocycles. The average Bonchev–Trinajstić information content (AvgIpc) is 3.23. The Labute approximate surface area is 263 Å². The number of hydrogen-bond acceptors (Lipinski definition) is 4. The molecule has 1 heterocycles. The van der Waals surface area contributed by atoms with Gasteiger partial charge < -0.3 is 15.2 Å². The standard InChI is InChI=1S/C34H36F6N2O4/c1-5-8-23-20-26(32(45,33(35,36)37)34(38,39)40)13-16-28(23)24-10-7-9-22(19-24)17-18-42-29(43)31(6-2,41-30(42)44)25-11-14-27(15-12-25)46-21(3)4/h7,9-16,19-21,45H,5-6,8,17-18H2,1-4H3,(H,41,44). The molecule has 1 fully saturated rings. The second kappa shape index (κ2) is 13.0. The molecule has 0 aromatic heterocycles. The molecule has 0 saturated carbocycles. The lowest BCUT2D eigenvalue weighted by molar-refractivity contribution is -0.376. The Balaban J connectivity index is 1.58. The molecule has 0 bridgehead atoms. The Morgan fingerprint density at radius 1 is 0.891 bits per heavy atom. The summed E-state index contributed by atoms with van der Waals surface area (Å²) in [5, 5.41) is 12.8. The Bertz CT molecular complexity index is 1560. The summed E-state index contributed by atoms with van der Waals surface area (Å²) >= 11 is 0. The average molecular weight is 651 g/mol. The third kappa shape index (κ3) is 6.44. The first kappa shape index (κ1) is 34.8. The number of rotatable bonds is 11. The van der Waals surface area contributed by atoms with Crippen LogP contribution in [0.4, 0.5) is 31.1 Å². The molecule has 6 nitrogen and oxygen atoms in total. The maximum atomic E-state index is 13.6. The van der Waals surface area contributed by atoms with Gasteiger partial charge in [0.1, 0.15) is 11.3 Å². The van der Waals surface area contributed by atoms with Gasteiger partial charge in [0.2, 0.25) is 0 Å². The number of benzene rings is 3. The van der Waals surface area contributed by atoms with Crippen LogP contribution in [0.3, 0.4) is 0 Å². The van der Waals surface area contributed by atoms with Crippen molar-refractivity contribution < 1.29 is 45.8 Å². The van der Waals surface area contributed by atoms with Gasteiger partial charge in [-0.2, -0.15) is 26.3 Å². The second-order valence-corrected chi connectivity index (χ2v) is 11.6. The van der Waals surface area contributed by atoms with Gasteiger partial charge in [-0.25, -0.2) is 4.79 Å². The smallest absolute Gasteiger partial charge is 0.430 e. The highest BCUT2D eigenvalue weighted by atomic mass is 19.4. The molecule has 3 amide bonds. The van der Waals surface area contributed by atoms with E-state index in [2.05, 4.69) is 5.32 Å². The van der Waals surface area contributed by atoms with E-state index in [0.29, 0.717) is 46.9 Å². The van der Waals surface area contributed by atoms with Crippen molar-refractivity contribution >= 4 is 11.9 Å². The van der Waals surface area contributed by atoms with Gasteiger partial charge in [0, 0.05) is 12.1 Å². The zero-order valence-corrected chi connectivity index (χ0v) is 25.9. The van der Waals surface area contributed by atoms with Crippen molar-refractivity contribution in [2.45, 2.75) is 83.0 Å². The summed E-state index contributed by atoms with van der Waals surface area (Å²) in [6.07, 6.45) is -10.9. The number of hydrogen-bond donors (Lipinski definition) is 2. The minimum atomic E-state index is -5.99. The van der Waals surface area contributed by atoms with Crippen LogP contribution >= 0.6 is 0 Å². The summed E-state index contributed by atoms with van der Waals surface area (Å²) in [6.45, 7) is 7.36. The predicted octanol–water partition coefficient (Wildman–Crippen LogP) is 7.81. The van der Waals surface area contributed by atoms with Gasteiger partial charge in [0.25, 0.3) is 11.5 Å². The van der Waals surface area contributed by atoms with Crippen LogP contribution in [0.15, 0.2) is 66.7 Å². The quantitative estimate of drug-likeness (QED) is 0.164. The van der Waals surface area contributed by atoms with Gasteiger partial charge in [-0.15, -0.1) is 0 Å². The van der Waals surface area contributed by atoms with Crippen molar-refractivity contribution in [3.8, 4) is 16.9 Å². The van der Waals surface area contributed by atoms with E-state index in [1.807, 2.05) is 13.8 Å². The summed E-state index contributed by atoms with van der Waals surface area (Å²) in [6, 6.07) is 15.8. The first-order valence-corrected chi connectivity index (χ1v) is 15.0. The van der Waals surface area contributed by atoms with Gasteiger partial charge in [-0.3, -0.25) is 9.69 Å². The molecule has 1 aliphatic heterocycles. The van der Waals surface area contributed by atoms with Crippen LogP contribution in [0.2, 0.25) is 0 Å². The van der Waals surface area contributed by atoms with Crippen molar-refractivity contribution in [3.05, 3.63) is 89.0 Å². The fourth-order valence-electron chi connectivity index (χ4n) is 5.76. The highest BCUT2D eigenvalue weighted by Gasteiger charge is 2.71. The number of imide groups is 1. The summed E-state index contributed by atoms with van der Waals surface area (Å²) in [4.78, 5) is 27.8. The van der Waals surface area contributed by atoms with Crippen LogP contribution < -0.4 is 10.1 Å². The molecule has 4 rings (SSSR count). The number of urea groups is 1. The van der Waals surface area contributed by atoms with Gasteiger partial charge in [-0.05, 0) is 73.1 Å². The number of halogens is 6. The number of carbonyl (C=O) groups excluding carboxylic acids is 2. The SMILES string of the molecule is CCCc1cc(C(O)(C(F)(F)F)C(F)(F)F)ccc1-c1cccc(CCN2C(=O)NC(CC)(c3ccc(OC(C)C)cc3)C2=O)c1. The molecule has 3 aromatic rings. The molecule has 0 spiro atoms. The van der Waals surface area contributed by atoms with Crippen LogP contribution in [0.1, 0.15) is 62.8 Å². The summed E-state index contributed by atoms with van der Waals surface area (Å²) < 4.78 is 86.9. The second-order valence-electron chi connectivity index (χ2n) is 11.6. The lowest BCUT2D eigenvalue weighted by Gasteiger charge is -2.33. The monoisotopic (exact) mass is 650 g/mol. The molecular weight excluding hydrogens is 614 g/mol. The van der Waals surface area contributed by atoms with Crippen molar-refractivity contribution in [2.75, 3.05) is 6.54 Å². The largest absolute Gasteiger partial charge is 0.491 e. The number of amides is 3. The number of alkyl halides is 6. The zero-order valence-electron chi connectivity index (χ0n) is 25.9. The Morgan fingerprint density at radius 2 is 1.54 bits per heavy atom. The van der Waals surface area contributed by atoms with Crippen molar-refractivity contribution in [3.63, 3.8) is 0 Å². The summed E-state index contributed by atoms with van der Waals surface area (Å²) in [5.74, 6) is 0.225. The van der Waals surface area contributed by atoms with Crippen molar-refractivity contribution in [1.82, 2.24) is 10.2 Å². The van der Waals surface area contributed by atoms with E-state index in [9.17, 15) is 41.0 Å². The van der Waals surface area contributed by atoms with E-state index >= 15 is 0 Å². The van der Waals surface area contributed by atoms with Gasteiger partial charge in [-0.1, -0.05) is 74.9 Å². The van der Waals surface area contributed by atoms with Gasteiger partial charge in [0.05, 0.1) is 6.10 Å². The van der Waals surface area contributed by atoms with Crippen molar-refractivity contribution in [1.29, 1.82) is 0 Å². The zero-order chi connectivity index (χ0) is 34.1. The van der Waals surface area contributed by atoms with Crippen LogP contribution in [-0.4, -0.2) is 46.9 Å². The van der Waals surface area contributed by atoms with Crippen LogP contribution in [-0.2, 0) is 28.8 Å². The summed E-state index contributed by atoms with van der Waals surface area (Å²) in [5.41, 5.74) is -5.14. The number of nitrogens with zero attached hydrogens (tertiary/aromatic N) is 1. The maximum absolute atomic E-state index is 13.6. The fourth-order valence-corrected chi connectivity index (χ4v) is 5.76. The third-order valence-electron chi connectivity index (χ3n) is 8.15. The van der Waals surface area contributed by atoms with Gasteiger partial charge in [0.15, 0.2) is 0 Å². The highest BCUT2D eigenvalue weighted by molar-refractivity contribution is 6.07. The van der Waals surface area contributed by atoms with Gasteiger partial charge >= 0.3 is 18.4 Å². The lowest BCUT2D eigenvalue weighted by Crippen LogP contribution is -2.53. The van der Waals surface area contributed by atoms with Crippen LogP contribution in [0.25, 0.3) is 11.1 Å². The maximum Gasteiger partial charge on any atom is 0.430 e. The summed E-state index contributed by atoms with van der Waals surface area (Å²) in [7, 11) is 0. The van der Waals surface area contributed by atoms with Crippen molar-refractivity contribution in [2.24, 2.45) is 0 Å². The molecule has 1 aliphatic rings. The first-order valence-electron chi connectivity index (χ1n) is 15.0. The fraction of sp³-hybridized carbons (Fsp3) is 0.412. The molecule has 0 radical (unpaired) electrons. The Kier molecular flexibility index (Phi) is 9.82. The first-order chi connectivity index (χ1) is 21.5. The van der Waals surface area contributed by atoms with E-state index in [1.165, 1.54) is 0 Å². The van der Waals surface area contributed by atoms with Crippen LogP contribution in [0, 0.1) is 0 Å². The number of nitrogens with one attached hydrogen (secondary N) is 1. The Hall–Kier alpha value is -4.06. The molecule has 12 heteroatoms. The van der Waals surface area contributed by atoms with E-state index in [0.717, 1.165) is 17.0 Å². The number of carbonyl (C=O) groups is 2. The third-order valence-corrected chi connectivity index (χ3v) is 8.15. The van der Waals surface area contributed by atoms with E-state index in [4.69, 9.17) is 4.74 Å². The van der Waals surface area contributed by atoms with E-state index in [1.54, 1.807) is 62.4 Å². The minimum absolute atomic E-state index is 0.0332. The van der Waals surface area contributed by atoms with Crippen LogP contribution in [0.5, 0.6) is 5.75 Å².